The molecule has 12 heteroatoms. The van der Waals surface area contributed by atoms with Crippen molar-refractivity contribution < 1.29 is 19.2 Å². The number of H-pyrrole nitrogens is 2. The first-order valence-electron chi connectivity index (χ1n) is 10.2. The summed E-state index contributed by atoms with van der Waals surface area (Å²) in [6, 6.07) is 8.52. The molecule has 0 bridgehead atoms. The summed E-state index contributed by atoms with van der Waals surface area (Å²) in [5.41, 5.74) is 0.272. The Hall–Kier alpha value is -4.19. The minimum atomic E-state index is -1.11. The second-order valence-electron chi connectivity index (χ2n) is 7.42. The lowest BCUT2D eigenvalue weighted by atomic mass is 10.1. The van der Waals surface area contributed by atoms with E-state index in [1.165, 1.54) is 19.3 Å². The molecule has 0 aliphatic carbocycles. The van der Waals surface area contributed by atoms with Crippen LogP contribution in [0.2, 0.25) is 0 Å². The van der Waals surface area contributed by atoms with Crippen LogP contribution in [0.4, 0.5) is 11.4 Å². The Morgan fingerprint density at radius 1 is 1.11 bits per heavy atom. The zero-order valence-electron chi connectivity index (χ0n) is 18.9. The van der Waals surface area contributed by atoms with Crippen molar-refractivity contribution in [3.63, 3.8) is 0 Å². The van der Waals surface area contributed by atoms with Crippen molar-refractivity contribution in [3.05, 3.63) is 88.1 Å². The van der Waals surface area contributed by atoms with Crippen molar-refractivity contribution in [2.45, 2.75) is 13.8 Å². The van der Waals surface area contributed by atoms with Crippen LogP contribution in [0.5, 0.6) is 11.5 Å². The van der Waals surface area contributed by atoms with Crippen molar-refractivity contribution in [3.8, 4) is 11.5 Å². The van der Waals surface area contributed by atoms with Gasteiger partial charge in [-0.3, -0.25) is 24.7 Å². The van der Waals surface area contributed by atoms with Crippen LogP contribution in [0.25, 0.3) is 12.2 Å². The van der Waals surface area contributed by atoms with Gasteiger partial charge in [0.15, 0.2) is 18.1 Å². The monoisotopic (exact) mass is 544 g/mol. The minimum Gasteiger partial charge on any atom is -0.493 e. The van der Waals surface area contributed by atoms with Crippen molar-refractivity contribution in [2.75, 3.05) is 19.0 Å². The standard InChI is InChI=1S/C23H21BrN4O7/c1-12-8-15(24)17(9-13(12)2)25-20(29)11-35-18-7-5-14(10-19(18)34-3)4-6-16-21(28(32)33)22(30)27-23(31)26-16/h4-10H,11H2,1-3H3,(H,25,29)(H2,26,27,30,31)/b6-4-. The highest BCUT2D eigenvalue weighted by molar-refractivity contribution is 9.10. The van der Waals surface area contributed by atoms with E-state index in [9.17, 15) is 24.5 Å². The van der Waals surface area contributed by atoms with Gasteiger partial charge in [0.2, 0.25) is 0 Å². The Morgan fingerprint density at radius 3 is 2.51 bits per heavy atom. The molecule has 0 atom stereocenters. The smallest absolute Gasteiger partial charge is 0.357 e. The maximum atomic E-state index is 12.4. The zero-order valence-corrected chi connectivity index (χ0v) is 20.5. The number of hydrogen-bond donors (Lipinski definition) is 3. The molecule has 11 nitrogen and oxygen atoms in total. The van der Waals surface area contributed by atoms with E-state index in [1.54, 1.807) is 18.2 Å². The molecule has 0 aliphatic rings. The molecule has 0 fully saturated rings. The molecule has 2 aromatic carbocycles. The number of nitrogens with zero attached hydrogens (tertiary/aromatic N) is 1. The highest BCUT2D eigenvalue weighted by atomic mass is 79.9. The van der Waals surface area contributed by atoms with E-state index < -0.39 is 21.9 Å². The molecule has 3 rings (SSSR count). The number of carbonyl (C=O) groups is 1. The van der Waals surface area contributed by atoms with E-state index in [-0.39, 0.29) is 18.2 Å². The lowest BCUT2D eigenvalue weighted by Crippen LogP contribution is -2.25. The molecule has 1 heterocycles. The number of ether oxygens (including phenoxy) is 2. The lowest BCUT2D eigenvalue weighted by molar-refractivity contribution is -0.386. The fourth-order valence-corrected chi connectivity index (χ4v) is 3.65. The number of benzene rings is 2. The van der Waals surface area contributed by atoms with Gasteiger partial charge in [-0.15, -0.1) is 0 Å². The van der Waals surface area contributed by atoms with Gasteiger partial charge < -0.3 is 19.8 Å². The van der Waals surface area contributed by atoms with E-state index in [0.717, 1.165) is 15.6 Å². The van der Waals surface area contributed by atoms with E-state index in [1.807, 2.05) is 31.0 Å². The first-order chi connectivity index (χ1) is 16.6. The molecule has 0 unspecified atom stereocenters. The fraction of sp³-hybridized carbons (Fsp3) is 0.174. The highest BCUT2D eigenvalue weighted by Gasteiger charge is 2.19. The molecule has 0 spiro atoms. The molecule has 3 aromatic rings. The minimum absolute atomic E-state index is 0.253. The molecule has 0 saturated carbocycles. The van der Waals surface area contributed by atoms with Crippen molar-refractivity contribution in [1.29, 1.82) is 0 Å². The number of carbonyl (C=O) groups excluding carboxylic acids is 1. The van der Waals surface area contributed by atoms with Crippen LogP contribution in [0.3, 0.4) is 0 Å². The van der Waals surface area contributed by atoms with Crippen LogP contribution in [-0.2, 0) is 4.79 Å². The molecule has 182 valence electrons. The van der Waals surface area contributed by atoms with Crippen LogP contribution in [0.1, 0.15) is 22.4 Å². The number of rotatable bonds is 8. The average Bonchev–Trinajstić information content (AvgIpc) is 2.79. The largest absolute Gasteiger partial charge is 0.493 e. The molecule has 0 radical (unpaired) electrons. The number of aromatic nitrogens is 2. The average molecular weight is 545 g/mol. The third-order valence-electron chi connectivity index (χ3n) is 4.97. The van der Waals surface area contributed by atoms with E-state index in [4.69, 9.17) is 9.47 Å². The van der Waals surface area contributed by atoms with Crippen LogP contribution < -0.4 is 26.0 Å². The van der Waals surface area contributed by atoms with Crippen LogP contribution in [0, 0.1) is 24.0 Å². The van der Waals surface area contributed by atoms with Crippen molar-refractivity contribution >= 4 is 45.4 Å². The third kappa shape index (κ3) is 6.23. The predicted octanol–water partition coefficient (Wildman–Crippen LogP) is 3.55. The summed E-state index contributed by atoms with van der Waals surface area (Å²) in [6.07, 6.45) is 2.69. The van der Waals surface area contributed by atoms with Gasteiger partial charge in [0.1, 0.15) is 5.69 Å². The Bertz CT molecular complexity index is 1440. The van der Waals surface area contributed by atoms with Gasteiger partial charge in [0, 0.05) is 4.47 Å². The van der Waals surface area contributed by atoms with Crippen LogP contribution >= 0.6 is 15.9 Å². The van der Waals surface area contributed by atoms with Gasteiger partial charge >= 0.3 is 16.9 Å². The van der Waals surface area contributed by atoms with Crippen LogP contribution in [-0.4, -0.2) is 34.5 Å². The van der Waals surface area contributed by atoms with Gasteiger partial charge in [-0.05, 0) is 76.8 Å². The number of anilines is 1. The predicted molar refractivity (Wildman–Crippen MR) is 134 cm³/mol. The Labute approximate surface area is 207 Å². The number of methoxy groups -OCH3 is 1. The van der Waals surface area contributed by atoms with E-state index >= 15 is 0 Å². The van der Waals surface area contributed by atoms with E-state index in [0.29, 0.717) is 22.7 Å². The number of aromatic amines is 2. The first-order valence-corrected chi connectivity index (χ1v) is 10.9. The maximum Gasteiger partial charge on any atom is 0.357 e. The lowest BCUT2D eigenvalue weighted by Gasteiger charge is -2.13. The first kappa shape index (κ1) is 25.4. The summed E-state index contributed by atoms with van der Waals surface area (Å²) in [5, 5.41) is 13.9. The van der Waals surface area contributed by atoms with Crippen molar-refractivity contribution in [2.24, 2.45) is 0 Å². The summed E-state index contributed by atoms with van der Waals surface area (Å²) in [7, 11) is 1.42. The number of hydrogen-bond acceptors (Lipinski definition) is 7. The molecule has 0 saturated heterocycles. The summed E-state index contributed by atoms with van der Waals surface area (Å²) in [6.45, 7) is 3.64. The molecular formula is C23H21BrN4O7. The van der Waals surface area contributed by atoms with Gasteiger partial charge in [-0.2, -0.15) is 0 Å². The number of nitrogens with one attached hydrogen (secondary N) is 3. The van der Waals surface area contributed by atoms with Gasteiger partial charge in [-0.25, -0.2) is 4.79 Å². The van der Waals surface area contributed by atoms with Gasteiger partial charge in [0.05, 0.1) is 17.7 Å². The Balaban J connectivity index is 1.74. The topological polar surface area (TPSA) is 156 Å². The van der Waals surface area contributed by atoms with E-state index in [2.05, 4.69) is 26.2 Å². The molecule has 1 amide bonds. The quantitative estimate of drug-likeness (QED) is 0.289. The highest BCUT2D eigenvalue weighted by Crippen LogP contribution is 2.30. The third-order valence-corrected chi connectivity index (χ3v) is 5.63. The summed E-state index contributed by atoms with van der Waals surface area (Å²) < 4.78 is 11.7. The van der Waals surface area contributed by atoms with Crippen LogP contribution in [0.15, 0.2) is 44.4 Å². The Kier molecular flexibility index (Phi) is 7.87. The molecule has 3 N–H and O–H groups in total. The number of halogens is 1. The van der Waals surface area contributed by atoms with Gasteiger partial charge in [0.25, 0.3) is 5.91 Å². The summed E-state index contributed by atoms with van der Waals surface area (Å²) in [5.74, 6) is 0.237. The number of amides is 1. The van der Waals surface area contributed by atoms with Crippen molar-refractivity contribution in [1.82, 2.24) is 9.97 Å². The summed E-state index contributed by atoms with van der Waals surface area (Å²) >= 11 is 3.43. The molecular weight excluding hydrogens is 524 g/mol. The molecule has 0 aliphatic heterocycles. The molecule has 35 heavy (non-hydrogen) atoms. The SMILES string of the molecule is COc1cc(/C=C\c2[nH]c(=O)[nH]c(=O)c2[N+](=O)[O-])ccc1OCC(=O)Nc1cc(C)c(C)cc1Br. The fourth-order valence-electron chi connectivity index (χ4n) is 3.09. The number of nitro groups is 1. The number of aryl methyl sites for hydroxylation is 2. The van der Waals surface area contributed by atoms with Gasteiger partial charge in [-0.1, -0.05) is 12.1 Å². The normalized spacial score (nSPS) is 10.9. The maximum absolute atomic E-state index is 12.4. The second kappa shape index (κ2) is 10.8. The zero-order chi connectivity index (χ0) is 25.7. The molecule has 1 aromatic heterocycles. The second-order valence-corrected chi connectivity index (χ2v) is 8.28. The Morgan fingerprint density at radius 2 is 1.83 bits per heavy atom. The summed E-state index contributed by atoms with van der Waals surface area (Å²) in [4.78, 5) is 49.9.